The predicted molar refractivity (Wildman–Crippen MR) is 95.4 cm³/mol. The van der Waals surface area contributed by atoms with Gasteiger partial charge in [-0.1, -0.05) is 0 Å². The maximum absolute atomic E-state index is 12.8. The van der Waals surface area contributed by atoms with Gasteiger partial charge in [-0.15, -0.1) is 0 Å². The lowest BCUT2D eigenvalue weighted by Gasteiger charge is -2.36. The third-order valence-corrected chi connectivity index (χ3v) is 5.35. The van der Waals surface area contributed by atoms with Crippen molar-refractivity contribution in [1.82, 2.24) is 34.5 Å². The second-order valence-corrected chi connectivity index (χ2v) is 7.21. The molecule has 0 aromatic carbocycles. The van der Waals surface area contributed by atoms with Gasteiger partial charge in [0.15, 0.2) is 0 Å². The van der Waals surface area contributed by atoms with Crippen LogP contribution in [0.25, 0.3) is 0 Å². The molecule has 5 rings (SSSR count). The zero-order valence-corrected chi connectivity index (χ0v) is 15.1. The highest BCUT2D eigenvalue weighted by atomic mass is 16.2. The average Bonchev–Trinajstić information content (AvgIpc) is 3.05. The maximum Gasteiger partial charge on any atom is 0.274 e. The van der Waals surface area contributed by atoms with Gasteiger partial charge in [-0.3, -0.25) is 19.3 Å². The molecule has 2 aromatic heterocycles. The zero-order chi connectivity index (χ0) is 18.6. The first-order chi connectivity index (χ1) is 13.2. The minimum Gasteiger partial charge on any atom is -0.338 e. The van der Waals surface area contributed by atoms with Crippen molar-refractivity contribution < 1.29 is 9.59 Å². The van der Waals surface area contributed by atoms with Crippen molar-refractivity contribution in [3.8, 4) is 0 Å². The van der Waals surface area contributed by atoms with Crippen LogP contribution in [0.4, 0.5) is 0 Å². The highest BCUT2D eigenvalue weighted by Crippen LogP contribution is 2.29. The Kier molecular flexibility index (Phi) is 5.08. The summed E-state index contributed by atoms with van der Waals surface area (Å²) >= 11 is 0. The van der Waals surface area contributed by atoms with Crippen LogP contribution >= 0.6 is 0 Å². The van der Waals surface area contributed by atoms with Gasteiger partial charge in [0.05, 0.1) is 6.20 Å². The predicted octanol–water partition coefficient (Wildman–Crippen LogP) is 0.611. The molecular formula is C18H23N7O2. The van der Waals surface area contributed by atoms with Crippen LogP contribution in [0, 0.1) is 5.92 Å². The molecule has 2 amide bonds. The number of fused-ring (bicyclic) bond motifs is 4. The third kappa shape index (κ3) is 3.96. The van der Waals surface area contributed by atoms with E-state index in [9.17, 15) is 9.59 Å². The van der Waals surface area contributed by atoms with Gasteiger partial charge in [-0.2, -0.15) is 5.10 Å². The van der Waals surface area contributed by atoms with Crippen LogP contribution in [0.3, 0.4) is 0 Å². The van der Waals surface area contributed by atoms with Gasteiger partial charge >= 0.3 is 0 Å². The van der Waals surface area contributed by atoms with Crippen molar-refractivity contribution in [1.29, 1.82) is 0 Å². The number of aryl methyl sites for hydroxylation is 1. The molecule has 3 aliphatic heterocycles. The minimum absolute atomic E-state index is 0.0863. The highest BCUT2D eigenvalue weighted by molar-refractivity contribution is 5.92. The molecule has 0 N–H and O–H groups in total. The summed E-state index contributed by atoms with van der Waals surface area (Å²) < 4.78 is 1.74. The quantitative estimate of drug-likeness (QED) is 0.766. The SMILES string of the molecule is O=C(c1cnccn1)N1C[C@@H]2CC[C@H](C1)N(C(=O)CCCn1cncn1)C2. The van der Waals surface area contributed by atoms with Gasteiger partial charge in [-0.05, 0) is 25.2 Å². The fourth-order valence-electron chi connectivity index (χ4n) is 4.01. The molecular weight excluding hydrogens is 346 g/mol. The Labute approximate surface area is 157 Å². The third-order valence-electron chi connectivity index (χ3n) is 5.35. The molecule has 3 aliphatic rings. The van der Waals surface area contributed by atoms with Crippen LogP contribution in [0.2, 0.25) is 0 Å². The van der Waals surface area contributed by atoms with E-state index in [1.54, 1.807) is 17.2 Å². The van der Waals surface area contributed by atoms with Gasteiger partial charge in [0.2, 0.25) is 5.91 Å². The summed E-state index contributed by atoms with van der Waals surface area (Å²) in [6, 6.07) is 0.0863. The Morgan fingerprint density at radius 3 is 2.81 bits per heavy atom. The van der Waals surface area contributed by atoms with Crippen LogP contribution in [0.15, 0.2) is 31.2 Å². The fraction of sp³-hybridized carbons (Fsp3) is 0.556. The summed E-state index contributed by atoms with van der Waals surface area (Å²) in [6.07, 6.45) is 11.0. The Balaban J connectivity index is 1.37. The molecule has 2 bridgehead atoms. The van der Waals surface area contributed by atoms with Crippen LogP contribution in [0.1, 0.15) is 36.2 Å². The van der Waals surface area contributed by atoms with E-state index in [4.69, 9.17) is 0 Å². The molecule has 9 nitrogen and oxygen atoms in total. The molecule has 0 unspecified atom stereocenters. The molecule has 0 spiro atoms. The number of piperidine rings is 1. The molecule has 2 atom stereocenters. The van der Waals surface area contributed by atoms with Crippen LogP contribution in [-0.2, 0) is 11.3 Å². The van der Waals surface area contributed by atoms with Crippen molar-refractivity contribution >= 4 is 11.8 Å². The molecule has 3 saturated heterocycles. The molecule has 5 heterocycles. The van der Waals surface area contributed by atoms with Crippen LogP contribution < -0.4 is 0 Å². The lowest BCUT2D eigenvalue weighted by atomic mass is 9.94. The van der Waals surface area contributed by atoms with Gasteiger partial charge in [0, 0.05) is 51.0 Å². The first kappa shape index (κ1) is 17.6. The summed E-state index contributed by atoms with van der Waals surface area (Å²) in [5.41, 5.74) is 0.365. The summed E-state index contributed by atoms with van der Waals surface area (Å²) in [7, 11) is 0. The van der Waals surface area contributed by atoms with Crippen molar-refractivity contribution in [2.75, 3.05) is 19.6 Å². The van der Waals surface area contributed by atoms with Crippen molar-refractivity contribution in [2.45, 2.75) is 38.3 Å². The largest absolute Gasteiger partial charge is 0.338 e. The zero-order valence-electron chi connectivity index (χ0n) is 15.1. The van der Waals surface area contributed by atoms with Gasteiger partial charge < -0.3 is 9.80 Å². The second kappa shape index (κ2) is 7.81. The Bertz CT molecular complexity index is 780. The van der Waals surface area contributed by atoms with Crippen LogP contribution in [-0.4, -0.2) is 72.0 Å². The smallest absolute Gasteiger partial charge is 0.274 e. The lowest BCUT2D eigenvalue weighted by Crippen LogP contribution is -2.47. The first-order valence-electron chi connectivity index (χ1n) is 9.38. The normalized spacial score (nSPS) is 21.9. The Morgan fingerprint density at radius 1 is 1.11 bits per heavy atom. The lowest BCUT2D eigenvalue weighted by molar-refractivity contribution is -0.135. The van der Waals surface area contributed by atoms with Crippen molar-refractivity contribution in [3.63, 3.8) is 0 Å². The van der Waals surface area contributed by atoms with Crippen molar-refractivity contribution in [3.05, 3.63) is 36.9 Å². The molecule has 2 aromatic rings. The van der Waals surface area contributed by atoms with Gasteiger partial charge in [-0.25, -0.2) is 9.97 Å². The van der Waals surface area contributed by atoms with Crippen molar-refractivity contribution in [2.24, 2.45) is 5.92 Å². The molecule has 0 aliphatic carbocycles. The first-order valence-corrected chi connectivity index (χ1v) is 9.38. The number of hydrogen-bond acceptors (Lipinski definition) is 6. The number of hydrogen-bond donors (Lipinski definition) is 0. The van der Waals surface area contributed by atoms with Gasteiger partial charge in [0.1, 0.15) is 18.3 Å². The standard InChI is InChI=1S/C18H23N7O2/c26-17(2-1-7-24-13-20-12-22-24)25-10-14-3-4-15(25)11-23(9-14)18(27)16-8-19-5-6-21-16/h5-6,8,12-15H,1-4,7,9-11H2/t14-,15+/m0/s1. The van der Waals surface area contributed by atoms with Gasteiger partial charge in [0.25, 0.3) is 5.91 Å². The molecule has 27 heavy (non-hydrogen) atoms. The molecule has 142 valence electrons. The van der Waals surface area contributed by atoms with E-state index in [1.807, 2.05) is 9.80 Å². The molecule has 3 fully saturated rings. The number of amides is 2. The molecule has 0 radical (unpaired) electrons. The van der Waals surface area contributed by atoms with Crippen LogP contribution in [0.5, 0.6) is 0 Å². The minimum atomic E-state index is -0.0968. The Hall–Kier alpha value is -2.84. The number of aromatic nitrogens is 5. The fourth-order valence-corrected chi connectivity index (χ4v) is 4.01. The number of carbonyl (C=O) groups is 2. The summed E-state index contributed by atoms with van der Waals surface area (Å²) in [6.45, 7) is 2.66. The van der Waals surface area contributed by atoms with E-state index in [1.165, 1.54) is 18.7 Å². The van der Waals surface area contributed by atoms with E-state index < -0.39 is 0 Å². The van der Waals surface area contributed by atoms with E-state index in [0.717, 1.165) is 25.8 Å². The maximum atomic E-state index is 12.8. The number of carbonyl (C=O) groups excluding carboxylic acids is 2. The van der Waals surface area contributed by atoms with E-state index in [0.29, 0.717) is 37.7 Å². The van der Waals surface area contributed by atoms with E-state index in [-0.39, 0.29) is 17.9 Å². The molecule has 0 saturated carbocycles. The topological polar surface area (TPSA) is 97.1 Å². The summed E-state index contributed by atoms with van der Waals surface area (Å²) in [5.74, 6) is 0.391. The number of rotatable bonds is 5. The highest BCUT2D eigenvalue weighted by Gasteiger charge is 2.38. The monoisotopic (exact) mass is 369 g/mol. The summed E-state index contributed by atoms with van der Waals surface area (Å²) in [4.78, 5) is 41.4. The molecule has 9 heteroatoms. The number of nitrogens with zero attached hydrogens (tertiary/aromatic N) is 7. The van der Waals surface area contributed by atoms with E-state index in [2.05, 4.69) is 20.1 Å². The average molecular weight is 369 g/mol. The van der Waals surface area contributed by atoms with E-state index >= 15 is 0 Å². The Morgan fingerprint density at radius 2 is 2.04 bits per heavy atom. The summed E-state index contributed by atoms with van der Waals surface area (Å²) in [5, 5.41) is 4.06. The second-order valence-electron chi connectivity index (χ2n) is 7.21.